The van der Waals surface area contributed by atoms with Crippen LogP contribution in [0.15, 0.2) is 0 Å². The molecule has 0 bridgehead atoms. The van der Waals surface area contributed by atoms with Gasteiger partial charge >= 0.3 is 0 Å². The number of hydroxylamine groups is 2. The van der Waals surface area contributed by atoms with Crippen LogP contribution in [0.4, 0.5) is 0 Å². The fourth-order valence-electron chi connectivity index (χ4n) is 2.14. The maximum absolute atomic E-state index is 10.4. The van der Waals surface area contributed by atoms with Crippen LogP contribution in [-0.2, 0) is 18.9 Å². The van der Waals surface area contributed by atoms with Crippen molar-refractivity contribution in [1.82, 2.24) is 5.06 Å². The Kier molecular flexibility index (Phi) is 7.36. The largest absolute Gasteiger partial charge is 0.377 e. The van der Waals surface area contributed by atoms with Crippen LogP contribution >= 0.6 is 0 Å². The van der Waals surface area contributed by atoms with E-state index in [0.29, 0.717) is 52.9 Å². The number of hydrogen-bond donors (Lipinski definition) is 1. The number of nitrogens with zero attached hydrogens (tertiary/aromatic N) is 1. The van der Waals surface area contributed by atoms with E-state index in [2.05, 4.69) is 0 Å². The summed E-state index contributed by atoms with van der Waals surface area (Å²) in [4.78, 5) is 0. The predicted octanol–water partition coefficient (Wildman–Crippen LogP) is 1.31. The highest BCUT2D eigenvalue weighted by atomic mass is 16.6. The summed E-state index contributed by atoms with van der Waals surface area (Å²) in [5.41, 5.74) is -0.993. The summed E-state index contributed by atoms with van der Waals surface area (Å²) in [7, 11) is 0. The van der Waals surface area contributed by atoms with Crippen molar-refractivity contribution in [3.63, 3.8) is 0 Å². The second kappa shape index (κ2) is 8.26. The van der Waals surface area contributed by atoms with Crippen molar-refractivity contribution >= 4 is 0 Å². The Morgan fingerprint density at radius 3 is 1.30 bits per heavy atom. The SMILES string of the molecule is CC1(C)COCCOCCOCCOCC(C)(C)N1O. The Balaban J connectivity index is 2.59. The first kappa shape index (κ1) is 17.8. The van der Waals surface area contributed by atoms with Gasteiger partial charge in [0.2, 0.25) is 0 Å². The van der Waals surface area contributed by atoms with Crippen LogP contribution in [0.3, 0.4) is 0 Å². The van der Waals surface area contributed by atoms with Crippen molar-refractivity contribution in [2.24, 2.45) is 0 Å². The Morgan fingerprint density at radius 1 is 0.650 bits per heavy atom. The summed E-state index contributed by atoms with van der Waals surface area (Å²) in [6.07, 6.45) is 0. The highest BCUT2D eigenvalue weighted by molar-refractivity contribution is 4.87. The molecule has 1 aliphatic rings. The molecule has 6 nitrogen and oxygen atoms in total. The molecule has 20 heavy (non-hydrogen) atoms. The first-order chi connectivity index (χ1) is 9.36. The van der Waals surface area contributed by atoms with Crippen molar-refractivity contribution < 1.29 is 24.2 Å². The average Bonchev–Trinajstić information content (AvgIpc) is 2.38. The summed E-state index contributed by atoms with van der Waals surface area (Å²) < 4.78 is 21.9. The standard InChI is InChI=1S/C14H29NO5/c1-13(2)11-19-9-7-17-5-6-18-8-10-20-12-14(3,4)15(13)16/h16H,5-12H2,1-4H3. The van der Waals surface area contributed by atoms with Gasteiger partial charge < -0.3 is 24.2 Å². The Bertz CT molecular complexity index is 244. The molecule has 1 fully saturated rings. The van der Waals surface area contributed by atoms with Gasteiger partial charge in [-0.3, -0.25) is 0 Å². The van der Waals surface area contributed by atoms with Crippen molar-refractivity contribution in [3.8, 4) is 0 Å². The second-order valence-corrected chi connectivity index (χ2v) is 6.27. The third-order valence-corrected chi connectivity index (χ3v) is 3.17. The number of hydrogen-bond acceptors (Lipinski definition) is 6. The second-order valence-electron chi connectivity index (χ2n) is 6.27. The van der Waals surface area contributed by atoms with Crippen LogP contribution in [0.1, 0.15) is 27.7 Å². The van der Waals surface area contributed by atoms with Crippen LogP contribution in [-0.4, -0.2) is 74.2 Å². The van der Waals surface area contributed by atoms with Crippen LogP contribution < -0.4 is 0 Å². The summed E-state index contributed by atoms with van der Waals surface area (Å²) in [5.74, 6) is 0. The van der Waals surface area contributed by atoms with Crippen LogP contribution in [0.2, 0.25) is 0 Å². The number of ether oxygens (including phenoxy) is 4. The van der Waals surface area contributed by atoms with Crippen molar-refractivity contribution in [1.29, 1.82) is 0 Å². The van der Waals surface area contributed by atoms with Crippen LogP contribution in [0.25, 0.3) is 0 Å². The lowest BCUT2D eigenvalue weighted by Gasteiger charge is -2.43. The first-order valence-electron chi connectivity index (χ1n) is 7.16. The van der Waals surface area contributed by atoms with E-state index in [1.165, 1.54) is 5.06 Å². The average molecular weight is 291 g/mol. The van der Waals surface area contributed by atoms with Gasteiger partial charge in [-0.1, -0.05) is 0 Å². The minimum atomic E-state index is -0.496. The molecule has 120 valence electrons. The molecule has 0 unspecified atom stereocenters. The first-order valence-corrected chi connectivity index (χ1v) is 7.16. The molecule has 0 aromatic heterocycles. The molecule has 1 heterocycles. The molecule has 0 spiro atoms. The minimum absolute atomic E-state index is 0.423. The van der Waals surface area contributed by atoms with E-state index in [-0.39, 0.29) is 0 Å². The van der Waals surface area contributed by atoms with E-state index < -0.39 is 11.1 Å². The predicted molar refractivity (Wildman–Crippen MR) is 75.1 cm³/mol. The molecule has 0 saturated carbocycles. The van der Waals surface area contributed by atoms with Crippen LogP contribution in [0.5, 0.6) is 0 Å². The van der Waals surface area contributed by atoms with Gasteiger partial charge in [-0.25, -0.2) is 0 Å². The van der Waals surface area contributed by atoms with Gasteiger partial charge in [-0.05, 0) is 27.7 Å². The van der Waals surface area contributed by atoms with E-state index in [9.17, 15) is 5.21 Å². The topological polar surface area (TPSA) is 60.4 Å². The summed E-state index contributed by atoms with van der Waals surface area (Å²) in [6, 6.07) is 0. The molecule has 1 aliphatic heterocycles. The molecule has 1 saturated heterocycles. The van der Waals surface area contributed by atoms with E-state index in [4.69, 9.17) is 18.9 Å². The van der Waals surface area contributed by atoms with E-state index in [1.54, 1.807) is 0 Å². The molecule has 0 aromatic carbocycles. The van der Waals surface area contributed by atoms with Gasteiger partial charge in [0.25, 0.3) is 0 Å². The maximum atomic E-state index is 10.4. The molecular formula is C14H29NO5. The highest BCUT2D eigenvalue weighted by Gasteiger charge is 2.37. The zero-order valence-electron chi connectivity index (χ0n) is 13.2. The van der Waals surface area contributed by atoms with Gasteiger partial charge in [0.1, 0.15) is 0 Å². The molecule has 1 rings (SSSR count). The molecule has 0 radical (unpaired) electrons. The molecule has 0 atom stereocenters. The minimum Gasteiger partial charge on any atom is -0.377 e. The lowest BCUT2D eigenvalue weighted by atomic mass is 9.97. The monoisotopic (exact) mass is 291 g/mol. The van der Waals surface area contributed by atoms with Gasteiger partial charge in [-0.2, -0.15) is 5.06 Å². The van der Waals surface area contributed by atoms with Crippen molar-refractivity contribution in [3.05, 3.63) is 0 Å². The smallest absolute Gasteiger partial charge is 0.0701 e. The lowest BCUT2D eigenvalue weighted by Crippen LogP contribution is -2.57. The molecule has 0 aromatic rings. The molecule has 6 heteroatoms. The zero-order valence-corrected chi connectivity index (χ0v) is 13.2. The fourth-order valence-corrected chi connectivity index (χ4v) is 2.14. The maximum Gasteiger partial charge on any atom is 0.0701 e. The zero-order chi connectivity index (χ0) is 15.1. The normalized spacial score (nSPS) is 27.4. The third kappa shape index (κ3) is 6.03. The third-order valence-electron chi connectivity index (χ3n) is 3.17. The summed E-state index contributed by atoms with van der Waals surface area (Å²) >= 11 is 0. The highest BCUT2D eigenvalue weighted by Crippen LogP contribution is 2.23. The van der Waals surface area contributed by atoms with E-state index in [1.807, 2.05) is 27.7 Å². The Morgan fingerprint density at radius 2 is 0.950 bits per heavy atom. The van der Waals surface area contributed by atoms with Gasteiger partial charge in [0.15, 0.2) is 0 Å². The molecular weight excluding hydrogens is 262 g/mol. The summed E-state index contributed by atoms with van der Waals surface area (Å²) in [6.45, 7) is 11.8. The van der Waals surface area contributed by atoms with Crippen LogP contribution in [0, 0.1) is 0 Å². The quantitative estimate of drug-likeness (QED) is 0.726. The van der Waals surface area contributed by atoms with Gasteiger partial charge in [0, 0.05) is 0 Å². The molecule has 1 N–H and O–H groups in total. The fraction of sp³-hybridized carbons (Fsp3) is 1.00. The van der Waals surface area contributed by atoms with Gasteiger partial charge in [0.05, 0.1) is 63.9 Å². The van der Waals surface area contributed by atoms with Crippen molar-refractivity contribution in [2.45, 2.75) is 38.8 Å². The molecule has 0 aliphatic carbocycles. The van der Waals surface area contributed by atoms with Crippen molar-refractivity contribution in [2.75, 3.05) is 52.9 Å². The Hall–Kier alpha value is -0.240. The van der Waals surface area contributed by atoms with E-state index in [0.717, 1.165) is 0 Å². The molecule has 0 amide bonds. The number of rotatable bonds is 0. The Labute approximate surface area is 121 Å². The lowest BCUT2D eigenvalue weighted by molar-refractivity contribution is -0.247. The summed E-state index contributed by atoms with van der Waals surface area (Å²) in [5, 5.41) is 11.8. The van der Waals surface area contributed by atoms with Gasteiger partial charge in [-0.15, -0.1) is 0 Å². The van der Waals surface area contributed by atoms with E-state index >= 15 is 0 Å².